The second kappa shape index (κ2) is 6.62. The molecule has 0 saturated carbocycles. The van der Waals surface area contributed by atoms with Gasteiger partial charge in [-0.1, -0.05) is 11.6 Å². The maximum Gasteiger partial charge on any atom is 0.417 e. The summed E-state index contributed by atoms with van der Waals surface area (Å²) >= 11 is 5.86. The maximum absolute atomic E-state index is 13.3. The van der Waals surface area contributed by atoms with Gasteiger partial charge in [0.05, 0.1) is 34.1 Å². The van der Waals surface area contributed by atoms with Gasteiger partial charge in [-0.25, -0.2) is 4.98 Å². The molecular weight excluding hydrogens is 407 g/mol. The Morgan fingerprint density at radius 1 is 1.28 bits per heavy atom. The van der Waals surface area contributed by atoms with Gasteiger partial charge < -0.3 is 9.88 Å². The molecule has 1 aliphatic rings. The quantitative estimate of drug-likeness (QED) is 0.644. The lowest BCUT2D eigenvalue weighted by molar-refractivity contribution is -0.137. The zero-order valence-corrected chi connectivity index (χ0v) is 16.6. The minimum atomic E-state index is -4.56. The van der Waals surface area contributed by atoms with E-state index in [2.05, 4.69) is 15.1 Å². The van der Waals surface area contributed by atoms with Crippen LogP contribution in [0.3, 0.4) is 0 Å². The minimum Gasteiger partial charge on any atom is -0.346 e. The molecule has 152 valence electrons. The van der Waals surface area contributed by atoms with Crippen molar-refractivity contribution < 1.29 is 18.0 Å². The lowest BCUT2D eigenvalue weighted by Gasteiger charge is -2.32. The normalized spacial score (nSPS) is 17.0. The van der Waals surface area contributed by atoms with Gasteiger partial charge in [-0.05, 0) is 39.0 Å². The summed E-state index contributed by atoms with van der Waals surface area (Å²) in [4.78, 5) is 22.3. The van der Waals surface area contributed by atoms with Crippen molar-refractivity contribution in [3.63, 3.8) is 0 Å². The molecule has 1 aromatic carbocycles. The van der Waals surface area contributed by atoms with Crippen molar-refractivity contribution in [1.29, 1.82) is 0 Å². The van der Waals surface area contributed by atoms with Crippen LogP contribution in [-0.4, -0.2) is 32.2 Å². The first-order valence-corrected chi connectivity index (χ1v) is 9.25. The average molecular weight is 424 g/mol. The van der Waals surface area contributed by atoms with Gasteiger partial charge in [-0.15, -0.1) is 0 Å². The molecule has 6 nitrogen and oxygen atoms in total. The summed E-state index contributed by atoms with van der Waals surface area (Å²) < 4.78 is 40.7. The predicted octanol–water partition coefficient (Wildman–Crippen LogP) is 4.78. The van der Waals surface area contributed by atoms with E-state index in [1.54, 1.807) is 10.9 Å². The van der Waals surface area contributed by atoms with Crippen LogP contribution in [0.4, 0.5) is 18.9 Å². The number of carbonyl (C=O) groups is 1. The number of halogens is 4. The average Bonchev–Trinajstić information content (AvgIpc) is 3.20. The SMILES string of the molecule is Cc1nc(-c2cnn3c2C(=O)N(c2ccc(C(F)(F)F)c(Cl)c2)C[C@@H]3C)c(C)[nH]1. The number of fused-ring (bicyclic) bond motifs is 1. The fourth-order valence-corrected chi connectivity index (χ4v) is 3.91. The molecule has 0 saturated heterocycles. The molecule has 0 unspecified atom stereocenters. The van der Waals surface area contributed by atoms with Gasteiger partial charge in [0.1, 0.15) is 11.5 Å². The minimum absolute atomic E-state index is 0.183. The van der Waals surface area contributed by atoms with Crippen molar-refractivity contribution in [2.75, 3.05) is 11.4 Å². The number of carbonyl (C=O) groups excluding carboxylic acids is 1. The largest absolute Gasteiger partial charge is 0.417 e. The van der Waals surface area contributed by atoms with Crippen LogP contribution in [0, 0.1) is 13.8 Å². The number of nitrogens with one attached hydrogen (secondary N) is 1. The van der Waals surface area contributed by atoms with Gasteiger partial charge in [0.15, 0.2) is 0 Å². The number of nitrogens with zero attached hydrogens (tertiary/aromatic N) is 4. The van der Waals surface area contributed by atoms with E-state index in [1.165, 1.54) is 17.0 Å². The van der Waals surface area contributed by atoms with Crippen molar-refractivity contribution in [3.05, 3.63) is 52.2 Å². The second-order valence-corrected chi connectivity index (χ2v) is 7.48. The summed E-state index contributed by atoms with van der Waals surface area (Å²) in [5, 5.41) is 3.90. The molecule has 2 aromatic heterocycles. The highest BCUT2D eigenvalue weighted by Crippen LogP contribution is 2.38. The third kappa shape index (κ3) is 3.19. The molecule has 1 aliphatic heterocycles. The number of imidazole rings is 1. The first-order chi connectivity index (χ1) is 13.6. The lowest BCUT2D eigenvalue weighted by Crippen LogP contribution is -2.42. The molecule has 0 fully saturated rings. The molecule has 0 bridgehead atoms. The summed E-state index contributed by atoms with van der Waals surface area (Å²) in [5.41, 5.74) is 1.70. The summed E-state index contributed by atoms with van der Waals surface area (Å²) in [6.07, 6.45) is -2.97. The Balaban J connectivity index is 1.78. The Bertz CT molecular complexity index is 1120. The lowest BCUT2D eigenvalue weighted by atomic mass is 10.1. The summed E-state index contributed by atoms with van der Waals surface area (Å²) in [6, 6.07) is 3.14. The van der Waals surface area contributed by atoms with E-state index in [4.69, 9.17) is 11.6 Å². The molecular formula is C19H17ClF3N5O. The van der Waals surface area contributed by atoms with Gasteiger partial charge in [-0.2, -0.15) is 18.3 Å². The number of aromatic nitrogens is 4. The van der Waals surface area contributed by atoms with E-state index in [9.17, 15) is 18.0 Å². The van der Waals surface area contributed by atoms with Gasteiger partial charge in [0, 0.05) is 17.9 Å². The number of hydrogen-bond acceptors (Lipinski definition) is 3. The smallest absolute Gasteiger partial charge is 0.346 e. The van der Waals surface area contributed by atoms with Crippen molar-refractivity contribution in [1.82, 2.24) is 19.7 Å². The molecule has 0 spiro atoms. The number of H-pyrrole nitrogens is 1. The Labute approximate surface area is 169 Å². The molecule has 29 heavy (non-hydrogen) atoms. The van der Waals surface area contributed by atoms with Gasteiger partial charge in [0.25, 0.3) is 5.91 Å². The van der Waals surface area contributed by atoms with E-state index in [-0.39, 0.29) is 18.5 Å². The van der Waals surface area contributed by atoms with Crippen LogP contribution in [0.2, 0.25) is 5.02 Å². The van der Waals surface area contributed by atoms with Crippen LogP contribution in [0.25, 0.3) is 11.3 Å². The van der Waals surface area contributed by atoms with Crippen molar-refractivity contribution in [2.45, 2.75) is 33.0 Å². The molecule has 1 atom stereocenters. The van der Waals surface area contributed by atoms with E-state index in [0.29, 0.717) is 28.5 Å². The zero-order valence-electron chi connectivity index (χ0n) is 15.8. The number of amides is 1. The molecule has 1 amide bonds. The highest BCUT2D eigenvalue weighted by molar-refractivity contribution is 6.31. The Hall–Kier alpha value is -2.81. The van der Waals surface area contributed by atoms with E-state index < -0.39 is 16.8 Å². The summed E-state index contributed by atoms with van der Waals surface area (Å²) in [5.74, 6) is 0.339. The Morgan fingerprint density at radius 3 is 2.59 bits per heavy atom. The number of benzene rings is 1. The van der Waals surface area contributed by atoms with Crippen LogP contribution < -0.4 is 4.90 Å². The van der Waals surface area contributed by atoms with Crippen molar-refractivity contribution >= 4 is 23.2 Å². The van der Waals surface area contributed by atoms with Gasteiger partial charge >= 0.3 is 6.18 Å². The highest BCUT2D eigenvalue weighted by atomic mass is 35.5. The molecule has 10 heteroatoms. The third-order valence-corrected chi connectivity index (χ3v) is 5.25. The zero-order chi connectivity index (χ0) is 21.1. The molecule has 3 aromatic rings. The molecule has 0 aliphatic carbocycles. The Kier molecular flexibility index (Phi) is 4.45. The number of aromatic amines is 1. The molecule has 0 radical (unpaired) electrons. The molecule has 3 heterocycles. The number of anilines is 1. The summed E-state index contributed by atoms with van der Waals surface area (Å²) in [6.45, 7) is 5.80. The van der Waals surface area contributed by atoms with Gasteiger partial charge in [0.2, 0.25) is 0 Å². The second-order valence-electron chi connectivity index (χ2n) is 7.07. The van der Waals surface area contributed by atoms with Crippen molar-refractivity contribution in [3.8, 4) is 11.3 Å². The number of alkyl halides is 3. The first kappa shape index (κ1) is 19.5. The van der Waals surface area contributed by atoms with E-state index >= 15 is 0 Å². The maximum atomic E-state index is 13.3. The number of hydrogen-bond donors (Lipinski definition) is 1. The van der Waals surface area contributed by atoms with Gasteiger partial charge in [-0.3, -0.25) is 9.48 Å². The number of aryl methyl sites for hydroxylation is 2. The standard InChI is InChI=1S/C19H17ClF3N5O/c1-9-8-27(12-4-5-14(15(20)6-12)19(21,22)23)18(29)17-13(7-24-28(9)17)16-10(2)25-11(3)26-16/h4-7,9H,8H2,1-3H3,(H,25,26)/t9-/m0/s1. The monoisotopic (exact) mass is 423 g/mol. The fraction of sp³-hybridized carbons (Fsp3) is 0.316. The Morgan fingerprint density at radius 2 is 2.00 bits per heavy atom. The highest BCUT2D eigenvalue weighted by Gasteiger charge is 2.37. The van der Waals surface area contributed by atoms with Crippen LogP contribution in [-0.2, 0) is 6.18 Å². The van der Waals surface area contributed by atoms with Crippen LogP contribution in [0.15, 0.2) is 24.4 Å². The van der Waals surface area contributed by atoms with Crippen LogP contribution >= 0.6 is 11.6 Å². The topological polar surface area (TPSA) is 66.8 Å². The van der Waals surface area contributed by atoms with Crippen molar-refractivity contribution in [2.24, 2.45) is 0 Å². The predicted molar refractivity (Wildman–Crippen MR) is 102 cm³/mol. The van der Waals surface area contributed by atoms with Crippen LogP contribution in [0.5, 0.6) is 0 Å². The van der Waals surface area contributed by atoms with Crippen LogP contribution in [0.1, 0.15) is 40.5 Å². The number of rotatable bonds is 2. The van der Waals surface area contributed by atoms with E-state index in [1.807, 2.05) is 20.8 Å². The fourth-order valence-electron chi connectivity index (χ4n) is 3.63. The summed E-state index contributed by atoms with van der Waals surface area (Å²) in [7, 11) is 0. The molecule has 1 N–H and O–H groups in total. The third-order valence-electron chi connectivity index (χ3n) is 4.94. The first-order valence-electron chi connectivity index (χ1n) is 8.87. The molecule has 4 rings (SSSR count). The van der Waals surface area contributed by atoms with E-state index in [0.717, 1.165) is 11.8 Å².